The quantitative estimate of drug-likeness (QED) is 0.203. The van der Waals surface area contributed by atoms with Gasteiger partial charge in [0.15, 0.2) is 0 Å². The summed E-state index contributed by atoms with van der Waals surface area (Å²) < 4.78 is 17.9. The van der Waals surface area contributed by atoms with Crippen molar-refractivity contribution in [1.82, 2.24) is 16.0 Å². The van der Waals surface area contributed by atoms with E-state index in [1.807, 2.05) is 0 Å². The molecule has 0 saturated carbocycles. The topological polar surface area (TPSA) is 192 Å². The van der Waals surface area contributed by atoms with Crippen molar-refractivity contribution in [3.63, 3.8) is 0 Å². The highest BCUT2D eigenvalue weighted by molar-refractivity contribution is 5.95. The average Bonchev–Trinajstić information content (AvgIpc) is 2.75. The first-order valence-corrected chi connectivity index (χ1v) is 9.15. The van der Waals surface area contributed by atoms with E-state index in [9.17, 15) is 33.6 Å². The second-order valence-corrected chi connectivity index (χ2v) is 6.25. The van der Waals surface area contributed by atoms with Crippen LogP contribution in [0.5, 0.6) is 0 Å². The number of hydrogen-bond acceptors (Lipinski definition) is 11. The minimum Gasteiger partial charge on any atom is -0.469 e. The molecule has 3 amide bonds. The highest BCUT2D eigenvalue weighted by atomic mass is 16.5. The Hall–Kier alpha value is -3.71. The molecule has 14 heteroatoms. The molecule has 0 saturated heterocycles. The largest absolute Gasteiger partial charge is 0.469 e. The molecule has 0 rings (SSSR count). The number of carbonyl (C=O) groups excluding carboxylic acids is 7. The van der Waals surface area contributed by atoms with Crippen molar-refractivity contribution < 1.29 is 52.5 Å². The summed E-state index contributed by atoms with van der Waals surface area (Å²) in [5.41, 5.74) is 0. The van der Waals surface area contributed by atoms with Crippen molar-refractivity contribution in [3.05, 3.63) is 0 Å². The number of methoxy groups -OCH3 is 4. The summed E-state index contributed by atoms with van der Waals surface area (Å²) in [6.45, 7) is 1.08. The Morgan fingerprint density at radius 1 is 0.594 bits per heavy atom. The van der Waals surface area contributed by atoms with Gasteiger partial charge in [-0.3, -0.25) is 24.0 Å². The van der Waals surface area contributed by atoms with E-state index in [2.05, 4.69) is 34.9 Å². The van der Waals surface area contributed by atoms with Crippen LogP contribution < -0.4 is 16.0 Å². The minimum absolute atomic E-state index is 0.532. The van der Waals surface area contributed by atoms with Gasteiger partial charge >= 0.3 is 23.9 Å². The fraction of sp³-hybridized carbons (Fsp3) is 0.611. The van der Waals surface area contributed by atoms with Gasteiger partial charge in [0.25, 0.3) is 0 Å². The van der Waals surface area contributed by atoms with E-state index in [0.717, 1.165) is 35.4 Å². The van der Waals surface area contributed by atoms with Crippen molar-refractivity contribution in [1.29, 1.82) is 0 Å². The van der Waals surface area contributed by atoms with Gasteiger partial charge in [-0.2, -0.15) is 0 Å². The fourth-order valence-corrected chi connectivity index (χ4v) is 2.34. The molecule has 0 heterocycles. The predicted molar refractivity (Wildman–Crippen MR) is 103 cm³/mol. The minimum atomic E-state index is -1.49. The van der Waals surface area contributed by atoms with E-state index in [4.69, 9.17) is 0 Å². The van der Waals surface area contributed by atoms with Crippen molar-refractivity contribution >= 4 is 41.6 Å². The first kappa shape index (κ1) is 28.3. The number of carbonyl (C=O) groups is 7. The summed E-state index contributed by atoms with van der Waals surface area (Å²) in [6.07, 6.45) is -1.76. The summed E-state index contributed by atoms with van der Waals surface area (Å²) >= 11 is 0. The Labute approximate surface area is 183 Å². The first-order chi connectivity index (χ1) is 15.0. The van der Waals surface area contributed by atoms with Crippen LogP contribution in [0.4, 0.5) is 0 Å². The van der Waals surface area contributed by atoms with Crippen LogP contribution in [0.25, 0.3) is 0 Å². The zero-order valence-electron chi connectivity index (χ0n) is 18.3. The van der Waals surface area contributed by atoms with Crippen molar-refractivity contribution in [2.75, 3.05) is 28.4 Å². The SMILES string of the molecule is COC(=O)C[C@H](NC(=O)C[C@H](NC(C)=O)C(=O)N[C@@H](CC(=O)OC)C(=O)OC)C(=O)OC. The fourth-order valence-electron chi connectivity index (χ4n) is 2.34. The van der Waals surface area contributed by atoms with Gasteiger partial charge < -0.3 is 34.9 Å². The number of ether oxygens (including phenoxy) is 4. The average molecular weight is 461 g/mol. The summed E-state index contributed by atoms with van der Waals surface area (Å²) in [6, 6.07) is -4.33. The van der Waals surface area contributed by atoms with Crippen molar-refractivity contribution in [2.24, 2.45) is 0 Å². The lowest BCUT2D eigenvalue weighted by Gasteiger charge is -2.22. The lowest BCUT2D eigenvalue weighted by molar-refractivity contribution is -0.151. The Morgan fingerprint density at radius 3 is 1.41 bits per heavy atom. The Balaban J connectivity index is 5.42. The van der Waals surface area contributed by atoms with E-state index in [-0.39, 0.29) is 0 Å². The number of rotatable bonds is 12. The number of amides is 3. The third-order valence-electron chi connectivity index (χ3n) is 3.90. The van der Waals surface area contributed by atoms with Gasteiger partial charge in [0.05, 0.1) is 47.7 Å². The van der Waals surface area contributed by atoms with Crippen LogP contribution in [0.1, 0.15) is 26.2 Å². The Bertz CT molecular complexity index is 738. The monoisotopic (exact) mass is 461 g/mol. The second-order valence-electron chi connectivity index (χ2n) is 6.25. The number of esters is 4. The van der Waals surface area contributed by atoms with Crippen LogP contribution in [0.3, 0.4) is 0 Å². The van der Waals surface area contributed by atoms with Crippen LogP contribution >= 0.6 is 0 Å². The zero-order valence-corrected chi connectivity index (χ0v) is 18.3. The highest BCUT2D eigenvalue weighted by Crippen LogP contribution is 2.03. The molecule has 0 radical (unpaired) electrons. The molecule has 180 valence electrons. The van der Waals surface area contributed by atoms with Gasteiger partial charge in [0, 0.05) is 6.92 Å². The van der Waals surface area contributed by atoms with E-state index in [0.29, 0.717) is 0 Å². The van der Waals surface area contributed by atoms with Crippen LogP contribution in [-0.2, 0) is 52.5 Å². The molecular formula is C18H27N3O11. The van der Waals surface area contributed by atoms with Crippen LogP contribution in [0, 0.1) is 0 Å². The van der Waals surface area contributed by atoms with Crippen LogP contribution in [0.15, 0.2) is 0 Å². The van der Waals surface area contributed by atoms with Crippen molar-refractivity contribution in [3.8, 4) is 0 Å². The van der Waals surface area contributed by atoms with Gasteiger partial charge in [-0.1, -0.05) is 0 Å². The molecule has 0 unspecified atom stereocenters. The summed E-state index contributed by atoms with van der Waals surface area (Å²) in [4.78, 5) is 83.0. The van der Waals surface area contributed by atoms with Gasteiger partial charge in [-0.25, -0.2) is 9.59 Å². The predicted octanol–water partition coefficient (Wildman–Crippen LogP) is -2.68. The highest BCUT2D eigenvalue weighted by Gasteiger charge is 2.32. The van der Waals surface area contributed by atoms with Gasteiger partial charge in [0.1, 0.15) is 18.1 Å². The van der Waals surface area contributed by atoms with E-state index in [1.165, 1.54) is 0 Å². The van der Waals surface area contributed by atoms with E-state index in [1.54, 1.807) is 0 Å². The van der Waals surface area contributed by atoms with E-state index < -0.39 is 79.0 Å². The van der Waals surface area contributed by atoms with Crippen molar-refractivity contribution in [2.45, 2.75) is 44.3 Å². The molecule has 14 nitrogen and oxygen atoms in total. The van der Waals surface area contributed by atoms with Gasteiger partial charge in [-0.05, 0) is 0 Å². The molecular weight excluding hydrogens is 434 g/mol. The summed E-state index contributed by atoms with van der Waals surface area (Å²) in [5.74, 6) is -6.09. The summed E-state index contributed by atoms with van der Waals surface area (Å²) in [5, 5.41) is 6.63. The maximum absolute atomic E-state index is 12.6. The lowest BCUT2D eigenvalue weighted by Crippen LogP contribution is -2.54. The zero-order chi connectivity index (χ0) is 24.8. The maximum Gasteiger partial charge on any atom is 0.328 e. The molecule has 0 aliphatic rings. The molecule has 0 aromatic rings. The Kier molecular flexibility index (Phi) is 12.7. The number of nitrogens with one attached hydrogen (secondary N) is 3. The molecule has 0 spiro atoms. The first-order valence-electron chi connectivity index (χ1n) is 9.15. The van der Waals surface area contributed by atoms with Gasteiger partial charge in [0.2, 0.25) is 17.7 Å². The lowest BCUT2D eigenvalue weighted by atomic mass is 10.1. The standard InChI is InChI=1S/C18H27N3O11/c1-9(22)19-10(16(26)21-12(18(28)32-5)8-15(25)30-3)6-13(23)20-11(17(27)31-4)7-14(24)29-2/h10-12H,6-8H2,1-5H3,(H,19,22)(H,20,23)(H,21,26)/t10-,11-,12-/m0/s1. The third-order valence-corrected chi connectivity index (χ3v) is 3.90. The van der Waals surface area contributed by atoms with E-state index >= 15 is 0 Å². The Morgan fingerprint density at radius 2 is 1.03 bits per heavy atom. The van der Waals surface area contributed by atoms with Crippen LogP contribution in [-0.4, -0.2) is 88.2 Å². The van der Waals surface area contributed by atoms with Crippen LogP contribution in [0.2, 0.25) is 0 Å². The molecule has 0 aromatic heterocycles. The second kappa shape index (κ2) is 14.3. The maximum atomic E-state index is 12.6. The smallest absolute Gasteiger partial charge is 0.328 e. The van der Waals surface area contributed by atoms with Gasteiger partial charge in [-0.15, -0.1) is 0 Å². The molecule has 32 heavy (non-hydrogen) atoms. The molecule has 3 N–H and O–H groups in total. The number of hydrogen-bond donors (Lipinski definition) is 3. The third kappa shape index (κ3) is 10.4. The molecule has 0 aliphatic carbocycles. The normalized spacial score (nSPS) is 12.8. The molecule has 3 atom stereocenters. The summed E-state index contributed by atoms with van der Waals surface area (Å²) in [7, 11) is 4.24. The molecule has 0 aromatic carbocycles. The molecule has 0 aliphatic heterocycles. The molecule has 0 bridgehead atoms. The molecule has 0 fully saturated rings.